The monoisotopic (exact) mass is 350 g/mol. The second-order valence-corrected chi connectivity index (χ2v) is 5.68. The van der Waals surface area contributed by atoms with E-state index in [1.165, 1.54) is 6.33 Å². The zero-order chi connectivity index (χ0) is 18.1. The number of hydrogen-bond donors (Lipinski definition) is 2. The van der Waals surface area contributed by atoms with Crippen LogP contribution in [0.2, 0.25) is 0 Å². The van der Waals surface area contributed by atoms with Crippen LogP contribution in [-0.4, -0.2) is 36.3 Å². The van der Waals surface area contributed by atoms with Crippen LogP contribution in [0.3, 0.4) is 0 Å². The minimum absolute atomic E-state index is 0.653. The number of ether oxygens (including phenoxy) is 3. The highest BCUT2D eigenvalue weighted by atomic mass is 16.5. The molecule has 0 bridgehead atoms. The summed E-state index contributed by atoms with van der Waals surface area (Å²) >= 11 is 0. The number of benzene rings is 2. The van der Waals surface area contributed by atoms with E-state index < -0.39 is 0 Å². The van der Waals surface area contributed by atoms with E-state index in [1.807, 2.05) is 36.4 Å². The first kappa shape index (κ1) is 16.0. The maximum absolute atomic E-state index is 5.43. The number of methoxy groups -OCH3 is 3. The number of aromatic amines is 1. The Morgan fingerprint density at radius 3 is 2.31 bits per heavy atom. The summed E-state index contributed by atoms with van der Waals surface area (Å²) in [5, 5.41) is 5.19. The van der Waals surface area contributed by atoms with Gasteiger partial charge in [-0.2, -0.15) is 0 Å². The largest absolute Gasteiger partial charge is 0.497 e. The van der Waals surface area contributed by atoms with Gasteiger partial charge in [0, 0.05) is 17.1 Å². The molecule has 0 radical (unpaired) electrons. The lowest BCUT2D eigenvalue weighted by Crippen LogP contribution is -1.95. The van der Waals surface area contributed by atoms with E-state index in [0.717, 1.165) is 33.4 Å². The molecule has 0 saturated carbocycles. The molecular formula is C19H18N4O3. The van der Waals surface area contributed by atoms with Crippen molar-refractivity contribution in [2.24, 2.45) is 0 Å². The van der Waals surface area contributed by atoms with Gasteiger partial charge in [-0.05, 0) is 30.3 Å². The van der Waals surface area contributed by atoms with Crippen LogP contribution in [0.4, 0.5) is 11.5 Å². The van der Waals surface area contributed by atoms with Crippen molar-refractivity contribution in [3.05, 3.63) is 42.7 Å². The SMILES string of the molecule is COc1ccc(Nc2ncnc3[nH]c4cc(OC)c(OC)cc4c23)cc1. The van der Waals surface area contributed by atoms with Crippen LogP contribution >= 0.6 is 0 Å². The highest BCUT2D eigenvalue weighted by Crippen LogP contribution is 2.37. The first-order chi connectivity index (χ1) is 12.7. The third kappa shape index (κ3) is 2.63. The standard InChI is InChI=1S/C19H18N4O3/c1-24-12-6-4-11(5-7-12)22-18-17-13-8-15(25-2)16(26-3)9-14(13)23-19(17)21-10-20-18/h4-10H,1-3H3,(H2,20,21,22,23). The van der Waals surface area contributed by atoms with Crippen LogP contribution in [0.15, 0.2) is 42.7 Å². The number of nitrogens with one attached hydrogen (secondary N) is 2. The third-order valence-corrected chi connectivity index (χ3v) is 4.25. The summed E-state index contributed by atoms with van der Waals surface area (Å²) < 4.78 is 16.0. The van der Waals surface area contributed by atoms with Gasteiger partial charge in [-0.15, -0.1) is 0 Å². The Kier molecular flexibility index (Phi) is 3.96. The molecule has 0 amide bonds. The number of nitrogens with zero attached hydrogens (tertiary/aromatic N) is 2. The Bertz CT molecular complexity index is 1070. The summed E-state index contributed by atoms with van der Waals surface area (Å²) in [5.41, 5.74) is 2.54. The second-order valence-electron chi connectivity index (χ2n) is 5.68. The molecule has 2 N–H and O–H groups in total. The lowest BCUT2D eigenvalue weighted by molar-refractivity contribution is 0.356. The molecule has 2 aromatic carbocycles. The van der Waals surface area contributed by atoms with E-state index in [-0.39, 0.29) is 0 Å². The maximum atomic E-state index is 5.43. The molecule has 0 aliphatic rings. The summed E-state index contributed by atoms with van der Waals surface area (Å²) in [7, 11) is 4.87. The summed E-state index contributed by atoms with van der Waals surface area (Å²) in [6.45, 7) is 0. The van der Waals surface area contributed by atoms with Crippen molar-refractivity contribution in [2.75, 3.05) is 26.6 Å². The average Bonchev–Trinajstić information content (AvgIpc) is 3.05. The molecule has 0 unspecified atom stereocenters. The minimum Gasteiger partial charge on any atom is -0.497 e. The van der Waals surface area contributed by atoms with Crippen LogP contribution in [0.5, 0.6) is 17.2 Å². The summed E-state index contributed by atoms with van der Waals surface area (Å²) in [6.07, 6.45) is 1.53. The Balaban J connectivity index is 1.86. The van der Waals surface area contributed by atoms with E-state index in [1.54, 1.807) is 21.3 Å². The van der Waals surface area contributed by atoms with Crippen molar-refractivity contribution in [3.63, 3.8) is 0 Å². The third-order valence-electron chi connectivity index (χ3n) is 4.25. The van der Waals surface area contributed by atoms with Crippen molar-refractivity contribution in [3.8, 4) is 17.2 Å². The number of rotatable bonds is 5. The van der Waals surface area contributed by atoms with Gasteiger partial charge in [0.2, 0.25) is 0 Å². The van der Waals surface area contributed by atoms with Gasteiger partial charge < -0.3 is 24.5 Å². The van der Waals surface area contributed by atoms with Gasteiger partial charge in [-0.25, -0.2) is 9.97 Å². The average molecular weight is 350 g/mol. The Morgan fingerprint density at radius 2 is 1.62 bits per heavy atom. The molecule has 4 rings (SSSR count). The van der Waals surface area contributed by atoms with Gasteiger partial charge in [0.15, 0.2) is 11.5 Å². The lowest BCUT2D eigenvalue weighted by Gasteiger charge is -2.09. The molecule has 0 aliphatic carbocycles. The van der Waals surface area contributed by atoms with Crippen molar-refractivity contribution in [2.45, 2.75) is 0 Å². The maximum Gasteiger partial charge on any atom is 0.162 e. The molecule has 0 saturated heterocycles. The Labute approximate surface area is 149 Å². The predicted octanol–water partition coefficient (Wildman–Crippen LogP) is 3.88. The van der Waals surface area contributed by atoms with Gasteiger partial charge in [0.25, 0.3) is 0 Å². The topological polar surface area (TPSA) is 81.3 Å². The zero-order valence-corrected chi connectivity index (χ0v) is 14.7. The van der Waals surface area contributed by atoms with Crippen LogP contribution in [0.1, 0.15) is 0 Å². The van der Waals surface area contributed by atoms with E-state index in [0.29, 0.717) is 17.3 Å². The van der Waals surface area contributed by atoms with Gasteiger partial charge in [0.05, 0.1) is 32.2 Å². The molecule has 2 aromatic heterocycles. The predicted molar refractivity (Wildman–Crippen MR) is 101 cm³/mol. The second kappa shape index (κ2) is 6.44. The number of H-pyrrole nitrogens is 1. The molecule has 26 heavy (non-hydrogen) atoms. The van der Waals surface area contributed by atoms with Gasteiger partial charge in [-0.1, -0.05) is 0 Å². The van der Waals surface area contributed by atoms with E-state index >= 15 is 0 Å². The van der Waals surface area contributed by atoms with E-state index in [9.17, 15) is 0 Å². The summed E-state index contributed by atoms with van der Waals surface area (Å²) in [4.78, 5) is 12.1. The minimum atomic E-state index is 0.653. The number of anilines is 2. The molecule has 7 heteroatoms. The highest BCUT2D eigenvalue weighted by Gasteiger charge is 2.15. The van der Waals surface area contributed by atoms with Gasteiger partial charge >= 0.3 is 0 Å². The Hall–Kier alpha value is -3.48. The van der Waals surface area contributed by atoms with Crippen LogP contribution in [-0.2, 0) is 0 Å². The summed E-state index contributed by atoms with van der Waals surface area (Å²) in [6, 6.07) is 11.5. The Morgan fingerprint density at radius 1 is 0.885 bits per heavy atom. The molecular weight excluding hydrogens is 332 g/mol. The van der Waals surface area contributed by atoms with Crippen LogP contribution in [0.25, 0.3) is 21.9 Å². The zero-order valence-electron chi connectivity index (χ0n) is 14.7. The van der Waals surface area contributed by atoms with Gasteiger partial charge in [0.1, 0.15) is 23.5 Å². The molecule has 2 heterocycles. The van der Waals surface area contributed by atoms with E-state index in [2.05, 4.69) is 20.3 Å². The molecule has 7 nitrogen and oxygen atoms in total. The highest BCUT2D eigenvalue weighted by molar-refractivity contribution is 6.12. The molecule has 0 spiro atoms. The normalized spacial score (nSPS) is 10.9. The summed E-state index contributed by atoms with van der Waals surface area (Å²) in [5.74, 6) is 2.82. The van der Waals surface area contributed by atoms with Crippen LogP contribution < -0.4 is 19.5 Å². The first-order valence-corrected chi connectivity index (χ1v) is 8.03. The fraction of sp³-hybridized carbons (Fsp3) is 0.158. The fourth-order valence-corrected chi connectivity index (χ4v) is 2.96. The van der Waals surface area contributed by atoms with Gasteiger partial charge in [-0.3, -0.25) is 0 Å². The molecule has 4 aromatic rings. The van der Waals surface area contributed by atoms with Crippen LogP contribution in [0, 0.1) is 0 Å². The molecule has 132 valence electrons. The number of aromatic nitrogens is 3. The van der Waals surface area contributed by atoms with E-state index in [4.69, 9.17) is 14.2 Å². The lowest BCUT2D eigenvalue weighted by atomic mass is 10.1. The number of fused-ring (bicyclic) bond motifs is 3. The fourth-order valence-electron chi connectivity index (χ4n) is 2.96. The van der Waals surface area contributed by atoms with Crippen molar-refractivity contribution in [1.29, 1.82) is 0 Å². The quantitative estimate of drug-likeness (QED) is 0.568. The number of hydrogen-bond acceptors (Lipinski definition) is 6. The first-order valence-electron chi connectivity index (χ1n) is 8.03. The van der Waals surface area contributed by atoms with Crippen molar-refractivity contribution in [1.82, 2.24) is 15.0 Å². The molecule has 0 fully saturated rings. The molecule has 0 atom stereocenters. The smallest absolute Gasteiger partial charge is 0.162 e. The van der Waals surface area contributed by atoms with Crippen molar-refractivity contribution >= 4 is 33.4 Å². The molecule has 0 aliphatic heterocycles. The van der Waals surface area contributed by atoms with Crippen molar-refractivity contribution < 1.29 is 14.2 Å².